The van der Waals surface area contributed by atoms with Crippen LogP contribution in [-0.2, 0) is 4.74 Å². The first-order valence-electron chi connectivity index (χ1n) is 5.31. The summed E-state index contributed by atoms with van der Waals surface area (Å²) in [6.07, 6.45) is 2.20. The zero-order valence-electron chi connectivity index (χ0n) is 9.18. The van der Waals surface area contributed by atoms with Crippen molar-refractivity contribution >= 4 is 11.9 Å². The third-order valence-electron chi connectivity index (χ3n) is 2.89. The van der Waals surface area contributed by atoms with Gasteiger partial charge in [0.05, 0.1) is 6.10 Å². The molecule has 88 valence electrons. The quantitative estimate of drug-likeness (QED) is 0.846. The number of carboxylic acid groups (broad SMARTS) is 1. The van der Waals surface area contributed by atoms with Crippen LogP contribution in [0, 0.1) is 0 Å². The number of carboxylic acids is 1. The van der Waals surface area contributed by atoms with Crippen molar-refractivity contribution in [2.45, 2.75) is 18.9 Å². The van der Waals surface area contributed by atoms with Crippen LogP contribution in [0.3, 0.4) is 0 Å². The lowest BCUT2D eigenvalue weighted by Gasteiger charge is -2.30. The minimum atomic E-state index is -1.03. The number of furan rings is 1. The van der Waals surface area contributed by atoms with Crippen molar-refractivity contribution in [3.05, 3.63) is 17.9 Å². The summed E-state index contributed by atoms with van der Waals surface area (Å²) < 4.78 is 10.5. The Labute approximate surface area is 93.6 Å². The van der Waals surface area contributed by atoms with E-state index in [-0.39, 0.29) is 5.76 Å². The smallest absolute Gasteiger partial charge is 0.371 e. The summed E-state index contributed by atoms with van der Waals surface area (Å²) in [7, 11) is 1.72. The highest BCUT2D eigenvalue weighted by Crippen LogP contribution is 2.23. The number of nitrogens with zero attached hydrogens (tertiary/aromatic N) is 1. The van der Waals surface area contributed by atoms with Crippen LogP contribution in [0.25, 0.3) is 0 Å². The maximum Gasteiger partial charge on any atom is 0.371 e. The number of ether oxygens (including phenoxy) is 1. The van der Waals surface area contributed by atoms with Gasteiger partial charge in [-0.25, -0.2) is 4.79 Å². The molecule has 2 heterocycles. The number of rotatable bonds is 3. The molecule has 2 rings (SSSR count). The van der Waals surface area contributed by atoms with E-state index < -0.39 is 5.97 Å². The average Bonchev–Trinajstić information content (AvgIpc) is 2.78. The molecular weight excluding hydrogens is 210 g/mol. The van der Waals surface area contributed by atoms with Crippen LogP contribution in [0.4, 0.5) is 5.88 Å². The summed E-state index contributed by atoms with van der Waals surface area (Å²) in [5, 5.41) is 8.74. The molecule has 0 spiro atoms. The highest BCUT2D eigenvalue weighted by atomic mass is 16.5. The molecule has 0 aromatic carbocycles. The van der Waals surface area contributed by atoms with Gasteiger partial charge in [0.25, 0.3) is 0 Å². The molecule has 1 N–H and O–H groups in total. The van der Waals surface area contributed by atoms with E-state index in [0.29, 0.717) is 12.0 Å². The predicted octanol–water partition coefficient (Wildman–Crippen LogP) is 1.59. The Morgan fingerprint density at radius 1 is 1.50 bits per heavy atom. The van der Waals surface area contributed by atoms with Crippen molar-refractivity contribution in [3.8, 4) is 0 Å². The SMILES string of the molecule is COC1CCN(c2ccc(C(=O)O)o2)CC1. The average molecular weight is 225 g/mol. The van der Waals surface area contributed by atoms with Gasteiger partial charge in [-0.05, 0) is 18.9 Å². The molecule has 0 bridgehead atoms. The Hall–Kier alpha value is -1.49. The van der Waals surface area contributed by atoms with Crippen LogP contribution in [0.1, 0.15) is 23.4 Å². The highest BCUT2D eigenvalue weighted by molar-refractivity contribution is 5.84. The van der Waals surface area contributed by atoms with Gasteiger partial charge >= 0.3 is 5.97 Å². The van der Waals surface area contributed by atoms with Crippen LogP contribution in [0.2, 0.25) is 0 Å². The molecule has 0 radical (unpaired) electrons. The molecule has 0 atom stereocenters. The number of aromatic carboxylic acids is 1. The van der Waals surface area contributed by atoms with Crippen LogP contribution in [-0.4, -0.2) is 37.4 Å². The molecule has 0 saturated carbocycles. The fourth-order valence-corrected chi connectivity index (χ4v) is 1.92. The zero-order valence-corrected chi connectivity index (χ0v) is 9.18. The van der Waals surface area contributed by atoms with E-state index in [9.17, 15) is 4.79 Å². The van der Waals surface area contributed by atoms with Crippen LogP contribution in [0.15, 0.2) is 16.5 Å². The zero-order chi connectivity index (χ0) is 11.5. The lowest BCUT2D eigenvalue weighted by molar-refractivity contribution is 0.0660. The minimum Gasteiger partial charge on any atom is -0.475 e. The van der Waals surface area contributed by atoms with E-state index in [2.05, 4.69) is 0 Å². The van der Waals surface area contributed by atoms with Crippen LogP contribution in [0.5, 0.6) is 0 Å². The third-order valence-corrected chi connectivity index (χ3v) is 2.89. The Kier molecular flexibility index (Phi) is 3.14. The first-order chi connectivity index (χ1) is 7.70. The summed E-state index contributed by atoms with van der Waals surface area (Å²) in [4.78, 5) is 12.7. The Morgan fingerprint density at radius 2 is 2.19 bits per heavy atom. The van der Waals surface area contributed by atoms with Gasteiger partial charge in [-0.15, -0.1) is 0 Å². The van der Waals surface area contributed by atoms with Crippen LogP contribution >= 0.6 is 0 Å². The molecule has 1 fully saturated rings. The third kappa shape index (κ3) is 2.19. The van der Waals surface area contributed by atoms with Crippen molar-refractivity contribution in [3.63, 3.8) is 0 Å². The maximum absolute atomic E-state index is 10.7. The van der Waals surface area contributed by atoms with Crippen molar-refractivity contribution in [2.24, 2.45) is 0 Å². The summed E-state index contributed by atoms with van der Waals surface area (Å²) >= 11 is 0. The summed E-state index contributed by atoms with van der Waals surface area (Å²) in [5.74, 6) is -0.408. The molecular formula is C11H15NO4. The minimum absolute atomic E-state index is 0.0103. The topological polar surface area (TPSA) is 62.9 Å². The lowest BCUT2D eigenvalue weighted by atomic mass is 10.1. The fraction of sp³-hybridized carbons (Fsp3) is 0.545. The summed E-state index contributed by atoms with van der Waals surface area (Å²) in [5.41, 5.74) is 0. The van der Waals surface area contributed by atoms with Crippen LogP contribution < -0.4 is 4.90 Å². The molecule has 1 aliphatic rings. The molecule has 5 nitrogen and oxygen atoms in total. The van der Waals surface area contributed by atoms with Crippen molar-refractivity contribution < 1.29 is 19.1 Å². The normalized spacial score (nSPS) is 17.7. The van der Waals surface area contributed by atoms with E-state index in [1.54, 1.807) is 13.2 Å². The number of piperidine rings is 1. The van der Waals surface area contributed by atoms with Gasteiger partial charge in [0.2, 0.25) is 5.76 Å². The molecule has 1 aromatic heterocycles. The second-order valence-electron chi connectivity index (χ2n) is 3.87. The van der Waals surface area contributed by atoms with Gasteiger partial charge in [0.1, 0.15) is 0 Å². The highest BCUT2D eigenvalue weighted by Gasteiger charge is 2.21. The van der Waals surface area contributed by atoms with Crippen molar-refractivity contribution in [1.82, 2.24) is 0 Å². The first-order valence-corrected chi connectivity index (χ1v) is 5.31. The van der Waals surface area contributed by atoms with E-state index >= 15 is 0 Å². The number of carbonyl (C=O) groups is 1. The van der Waals surface area contributed by atoms with E-state index in [1.165, 1.54) is 6.07 Å². The first kappa shape index (κ1) is 11.0. The molecule has 0 aliphatic carbocycles. The van der Waals surface area contributed by atoms with Gasteiger partial charge < -0.3 is 19.2 Å². The predicted molar refractivity (Wildman–Crippen MR) is 57.9 cm³/mol. The number of anilines is 1. The maximum atomic E-state index is 10.7. The fourth-order valence-electron chi connectivity index (χ4n) is 1.92. The molecule has 0 amide bonds. The van der Waals surface area contributed by atoms with Crippen molar-refractivity contribution in [2.75, 3.05) is 25.1 Å². The lowest BCUT2D eigenvalue weighted by Crippen LogP contribution is -2.36. The van der Waals surface area contributed by atoms with Gasteiger partial charge in [0, 0.05) is 26.3 Å². The molecule has 0 unspecified atom stereocenters. The van der Waals surface area contributed by atoms with E-state index in [1.807, 2.05) is 4.90 Å². The largest absolute Gasteiger partial charge is 0.475 e. The summed E-state index contributed by atoms with van der Waals surface area (Å²) in [6, 6.07) is 3.19. The van der Waals surface area contributed by atoms with Gasteiger partial charge in [-0.1, -0.05) is 0 Å². The molecule has 16 heavy (non-hydrogen) atoms. The monoisotopic (exact) mass is 225 g/mol. The Bertz CT molecular complexity index is 366. The number of hydrogen-bond donors (Lipinski definition) is 1. The van der Waals surface area contributed by atoms with Crippen molar-refractivity contribution in [1.29, 1.82) is 0 Å². The van der Waals surface area contributed by atoms with E-state index in [4.69, 9.17) is 14.3 Å². The standard InChI is InChI=1S/C11H15NO4/c1-15-8-4-6-12(7-5-8)10-3-2-9(16-10)11(13)14/h2-3,8H,4-7H2,1H3,(H,13,14). The molecule has 1 aliphatic heterocycles. The van der Waals surface area contributed by atoms with E-state index in [0.717, 1.165) is 25.9 Å². The second kappa shape index (κ2) is 4.57. The Balaban J connectivity index is 2.00. The van der Waals surface area contributed by atoms with Gasteiger partial charge in [-0.2, -0.15) is 0 Å². The number of hydrogen-bond acceptors (Lipinski definition) is 4. The second-order valence-corrected chi connectivity index (χ2v) is 3.87. The van der Waals surface area contributed by atoms with Gasteiger partial charge in [-0.3, -0.25) is 0 Å². The number of methoxy groups -OCH3 is 1. The Morgan fingerprint density at radius 3 is 2.69 bits per heavy atom. The van der Waals surface area contributed by atoms with Gasteiger partial charge in [0.15, 0.2) is 5.88 Å². The summed E-state index contributed by atoms with van der Waals surface area (Å²) in [6.45, 7) is 1.68. The molecule has 1 aromatic rings. The molecule has 1 saturated heterocycles. The molecule has 5 heteroatoms.